The minimum atomic E-state index is -0.934. The molecule has 0 saturated heterocycles. The van der Waals surface area contributed by atoms with Crippen molar-refractivity contribution in [3.05, 3.63) is 54.0 Å². The van der Waals surface area contributed by atoms with Gasteiger partial charge in [0, 0.05) is 17.6 Å². The third-order valence-corrected chi connectivity index (χ3v) is 3.44. The molecule has 122 valence electrons. The predicted octanol–water partition coefficient (Wildman–Crippen LogP) is 2.98. The average molecular weight is 328 g/mol. The van der Waals surface area contributed by atoms with Crippen molar-refractivity contribution in [2.45, 2.75) is 0 Å². The van der Waals surface area contributed by atoms with E-state index in [0.717, 1.165) is 6.07 Å². The van der Waals surface area contributed by atoms with Crippen LogP contribution in [0, 0.1) is 5.82 Å². The Morgan fingerprint density at radius 3 is 2.71 bits per heavy atom. The van der Waals surface area contributed by atoms with E-state index in [9.17, 15) is 14.3 Å². The molecule has 1 aromatic heterocycles. The molecular formula is C17H13FN2O4. The first-order valence-electron chi connectivity index (χ1n) is 6.93. The number of phenolic OH excluding ortho intramolecular Hbond substituents is 1. The molecule has 0 atom stereocenters. The van der Waals surface area contributed by atoms with Crippen LogP contribution in [0.25, 0.3) is 10.9 Å². The molecule has 0 fully saturated rings. The van der Waals surface area contributed by atoms with Gasteiger partial charge in [-0.15, -0.1) is 0 Å². The molecule has 0 bridgehead atoms. The van der Waals surface area contributed by atoms with Crippen LogP contribution in [0.3, 0.4) is 0 Å². The highest BCUT2D eigenvalue weighted by molar-refractivity contribution is 5.96. The molecule has 2 aromatic carbocycles. The number of hydrogen-bond donors (Lipinski definition) is 2. The highest BCUT2D eigenvalue weighted by atomic mass is 19.1. The second-order valence-corrected chi connectivity index (χ2v) is 4.93. The second-order valence-electron chi connectivity index (χ2n) is 4.93. The smallest absolute Gasteiger partial charge is 0.255 e. The van der Waals surface area contributed by atoms with Gasteiger partial charge in [0.25, 0.3) is 5.91 Å². The van der Waals surface area contributed by atoms with E-state index >= 15 is 0 Å². The maximum Gasteiger partial charge on any atom is 0.255 e. The normalized spacial score (nSPS) is 10.6. The summed E-state index contributed by atoms with van der Waals surface area (Å²) < 4.78 is 24.6. The van der Waals surface area contributed by atoms with Crippen LogP contribution < -0.4 is 15.2 Å². The van der Waals surface area contributed by atoms with E-state index < -0.39 is 11.7 Å². The first-order valence-corrected chi connectivity index (χ1v) is 6.93. The van der Waals surface area contributed by atoms with Gasteiger partial charge in [0.1, 0.15) is 22.9 Å². The Morgan fingerprint density at radius 2 is 2.00 bits per heavy atom. The maximum absolute atomic E-state index is 13.8. The molecule has 0 radical (unpaired) electrons. The molecule has 3 N–H and O–H groups in total. The summed E-state index contributed by atoms with van der Waals surface area (Å²) in [6.45, 7) is 0. The van der Waals surface area contributed by atoms with Crippen molar-refractivity contribution in [1.29, 1.82) is 0 Å². The lowest BCUT2D eigenvalue weighted by atomic mass is 10.1. The average Bonchev–Trinajstić information content (AvgIpc) is 2.54. The number of nitrogens with zero attached hydrogens (tertiary/aromatic N) is 1. The van der Waals surface area contributed by atoms with Crippen LogP contribution >= 0.6 is 0 Å². The molecule has 0 saturated carbocycles. The Morgan fingerprint density at radius 1 is 1.21 bits per heavy atom. The van der Waals surface area contributed by atoms with Crippen molar-refractivity contribution in [2.75, 3.05) is 7.11 Å². The Balaban J connectivity index is 2.15. The van der Waals surface area contributed by atoms with E-state index in [0.29, 0.717) is 16.7 Å². The fourth-order valence-electron chi connectivity index (χ4n) is 2.34. The highest BCUT2D eigenvalue weighted by Crippen LogP contribution is 2.37. The lowest BCUT2D eigenvalue weighted by Crippen LogP contribution is -2.14. The van der Waals surface area contributed by atoms with Crippen molar-refractivity contribution in [3.63, 3.8) is 0 Å². The van der Waals surface area contributed by atoms with Gasteiger partial charge in [0.05, 0.1) is 12.6 Å². The fraction of sp³-hybridized carbons (Fsp3) is 0.0588. The molecule has 6 nitrogen and oxygen atoms in total. The van der Waals surface area contributed by atoms with Crippen LogP contribution in [-0.2, 0) is 0 Å². The number of methoxy groups -OCH3 is 1. The van der Waals surface area contributed by atoms with Crippen molar-refractivity contribution in [2.24, 2.45) is 5.73 Å². The van der Waals surface area contributed by atoms with E-state index in [1.54, 1.807) is 6.07 Å². The van der Waals surface area contributed by atoms with Crippen molar-refractivity contribution in [3.8, 4) is 23.0 Å². The Kier molecular flexibility index (Phi) is 3.91. The van der Waals surface area contributed by atoms with Crippen molar-refractivity contribution in [1.82, 2.24) is 4.98 Å². The number of rotatable bonds is 4. The molecule has 7 heteroatoms. The van der Waals surface area contributed by atoms with Gasteiger partial charge in [-0.2, -0.15) is 0 Å². The Bertz CT molecular complexity index is 943. The highest BCUT2D eigenvalue weighted by Gasteiger charge is 2.17. The fourth-order valence-corrected chi connectivity index (χ4v) is 2.34. The number of aromatic nitrogens is 1. The van der Waals surface area contributed by atoms with Crippen LogP contribution in [0.1, 0.15) is 10.4 Å². The first kappa shape index (κ1) is 15.5. The monoisotopic (exact) mass is 328 g/mol. The molecule has 0 spiro atoms. The number of aromatic hydroxyl groups is 1. The topological polar surface area (TPSA) is 94.7 Å². The Labute approximate surface area is 136 Å². The van der Waals surface area contributed by atoms with Crippen LogP contribution in [0.15, 0.2) is 42.6 Å². The summed E-state index contributed by atoms with van der Waals surface area (Å²) >= 11 is 0. The number of halogens is 1. The van der Waals surface area contributed by atoms with Gasteiger partial charge in [-0.1, -0.05) is 6.07 Å². The van der Waals surface area contributed by atoms with Crippen molar-refractivity contribution >= 4 is 16.8 Å². The number of hydrogen-bond acceptors (Lipinski definition) is 5. The standard InChI is InChI=1S/C17H13FN2O4/c1-23-15-7-9-11(8-12(15)21)20-6-5-13(9)24-14-4-2-3-10(18)16(14)17(19)22/h2-8,21H,1H3,(H2,19,22). The number of benzene rings is 2. The molecule has 1 amide bonds. The zero-order valence-corrected chi connectivity index (χ0v) is 12.6. The van der Waals surface area contributed by atoms with Crippen LogP contribution in [0.2, 0.25) is 0 Å². The number of ether oxygens (including phenoxy) is 2. The largest absolute Gasteiger partial charge is 0.504 e. The van der Waals surface area contributed by atoms with Crippen LogP contribution in [-0.4, -0.2) is 23.1 Å². The number of amides is 1. The molecule has 0 aliphatic rings. The van der Waals surface area contributed by atoms with E-state index in [4.69, 9.17) is 15.2 Å². The van der Waals surface area contributed by atoms with E-state index in [-0.39, 0.29) is 22.8 Å². The number of fused-ring (bicyclic) bond motifs is 1. The van der Waals surface area contributed by atoms with E-state index in [1.807, 2.05) is 0 Å². The zero-order chi connectivity index (χ0) is 17.3. The van der Waals surface area contributed by atoms with Gasteiger partial charge in [-0.3, -0.25) is 9.78 Å². The minimum absolute atomic E-state index is 0.0120. The number of carbonyl (C=O) groups excluding carboxylic acids is 1. The van der Waals surface area contributed by atoms with E-state index in [1.165, 1.54) is 37.6 Å². The summed E-state index contributed by atoms with van der Waals surface area (Å²) in [5, 5.41) is 10.3. The van der Waals surface area contributed by atoms with Crippen LogP contribution in [0.4, 0.5) is 4.39 Å². The molecule has 1 heterocycles. The third kappa shape index (κ3) is 2.67. The molecular weight excluding hydrogens is 315 g/mol. The summed E-state index contributed by atoms with van der Waals surface area (Å²) in [4.78, 5) is 15.6. The number of carbonyl (C=O) groups is 1. The number of nitrogens with two attached hydrogens (primary N) is 1. The molecule has 0 aliphatic heterocycles. The summed E-state index contributed by atoms with van der Waals surface area (Å²) in [5.41, 5.74) is 5.33. The molecule has 0 unspecified atom stereocenters. The predicted molar refractivity (Wildman–Crippen MR) is 85.0 cm³/mol. The number of pyridine rings is 1. The van der Waals surface area contributed by atoms with Gasteiger partial charge in [-0.25, -0.2) is 4.39 Å². The van der Waals surface area contributed by atoms with Gasteiger partial charge in [0.15, 0.2) is 11.5 Å². The lowest BCUT2D eigenvalue weighted by molar-refractivity contribution is 0.0994. The SMILES string of the molecule is COc1cc2c(Oc3cccc(F)c3C(N)=O)ccnc2cc1O. The number of primary amides is 1. The molecule has 24 heavy (non-hydrogen) atoms. The molecule has 3 aromatic rings. The van der Waals surface area contributed by atoms with Gasteiger partial charge >= 0.3 is 0 Å². The lowest BCUT2D eigenvalue weighted by Gasteiger charge is -2.12. The van der Waals surface area contributed by atoms with Crippen molar-refractivity contribution < 1.29 is 23.8 Å². The quantitative estimate of drug-likeness (QED) is 0.768. The van der Waals surface area contributed by atoms with Gasteiger partial charge in [-0.05, 0) is 24.3 Å². The molecule has 0 aliphatic carbocycles. The van der Waals surface area contributed by atoms with Gasteiger partial charge < -0.3 is 20.3 Å². The number of phenols is 1. The summed E-state index contributed by atoms with van der Waals surface area (Å²) in [7, 11) is 1.41. The first-order chi connectivity index (χ1) is 11.5. The van der Waals surface area contributed by atoms with Gasteiger partial charge in [0.2, 0.25) is 0 Å². The second kappa shape index (κ2) is 6.04. The minimum Gasteiger partial charge on any atom is -0.504 e. The summed E-state index contributed by atoms with van der Waals surface area (Å²) in [6.07, 6.45) is 1.47. The third-order valence-electron chi connectivity index (χ3n) is 3.44. The summed E-state index contributed by atoms with van der Waals surface area (Å²) in [5.74, 6) is -1.24. The van der Waals surface area contributed by atoms with Crippen LogP contribution in [0.5, 0.6) is 23.0 Å². The summed E-state index contributed by atoms with van der Waals surface area (Å²) in [6, 6.07) is 8.48. The molecule has 3 rings (SSSR count). The zero-order valence-electron chi connectivity index (χ0n) is 12.6. The maximum atomic E-state index is 13.8. The Hall–Kier alpha value is -3.35. The van der Waals surface area contributed by atoms with E-state index in [2.05, 4.69) is 4.98 Å².